The standard InChI is InChI=1S/C28H33N5O3/c1-31(20-26-29-12-13-30-26)19-21-5-2-8-25(17-21)36-24-10-15-32(16-11-24)28(35)22-6-3-7-23(18-22)33-14-4-9-27(33)34/h2-3,5-8,12-13,17-18,24H,4,9-11,14-16,19-20H2,1H3,(H,29,30). The van der Waals surface area contributed by atoms with Crippen molar-refractivity contribution in [3.63, 3.8) is 0 Å². The maximum Gasteiger partial charge on any atom is 0.253 e. The number of anilines is 1. The van der Waals surface area contributed by atoms with Crippen molar-refractivity contribution >= 4 is 17.5 Å². The molecule has 0 saturated carbocycles. The molecule has 2 aromatic carbocycles. The number of carbonyl (C=O) groups is 2. The lowest BCUT2D eigenvalue weighted by atomic mass is 10.1. The molecule has 2 saturated heterocycles. The van der Waals surface area contributed by atoms with Crippen LogP contribution >= 0.6 is 0 Å². The first-order valence-electron chi connectivity index (χ1n) is 12.7. The van der Waals surface area contributed by atoms with Gasteiger partial charge < -0.3 is 19.5 Å². The number of benzene rings is 2. The zero-order valence-corrected chi connectivity index (χ0v) is 20.7. The van der Waals surface area contributed by atoms with Crippen LogP contribution in [-0.2, 0) is 17.9 Å². The van der Waals surface area contributed by atoms with Gasteiger partial charge in [-0.15, -0.1) is 0 Å². The van der Waals surface area contributed by atoms with Crippen LogP contribution in [0.4, 0.5) is 5.69 Å². The lowest BCUT2D eigenvalue weighted by Gasteiger charge is -2.32. The van der Waals surface area contributed by atoms with Gasteiger partial charge in [0.25, 0.3) is 5.91 Å². The summed E-state index contributed by atoms with van der Waals surface area (Å²) in [5.74, 6) is 1.96. The normalized spacial score (nSPS) is 16.7. The molecule has 8 heteroatoms. The number of carbonyl (C=O) groups excluding carboxylic acids is 2. The number of nitrogens with zero attached hydrogens (tertiary/aromatic N) is 4. The van der Waals surface area contributed by atoms with Crippen molar-refractivity contribution in [1.29, 1.82) is 0 Å². The van der Waals surface area contributed by atoms with E-state index in [-0.39, 0.29) is 17.9 Å². The summed E-state index contributed by atoms with van der Waals surface area (Å²) in [4.78, 5) is 38.5. The third kappa shape index (κ3) is 5.76. The SMILES string of the molecule is CN(Cc1cccc(OC2CCN(C(=O)c3cccc(N4CCCC4=O)c3)CC2)c1)Cc1ncc[nH]1. The van der Waals surface area contributed by atoms with E-state index in [0.717, 1.165) is 56.2 Å². The number of hydrogen-bond donors (Lipinski definition) is 1. The Morgan fingerprint density at radius 1 is 1.11 bits per heavy atom. The second kappa shape index (κ2) is 11.0. The molecule has 36 heavy (non-hydrogen) atoms. The smallest absolute Gasteiger partial charge is 0.253 e. The average molecular weight is 488 g/mol. The average Bonchev–Trinajstić information content (AvgIpc) is 3.56. The van der Waals surface area contributed by atoms with Crippen LogP contribution in [0.5, 0.6) is 5.75 Å². The van der Waals surface area contributed by atoms with E-state index in [0.29, 0.717) is 25.1 Å². The number of likely N-dealkylation sites (tertiary alicyclic amines) is 1. The summed E-state index contributed by atoms with van der Waals surface area (Å²) in [5.41, 5.74) is 2.64. The minimum atomic E-state index is 0.0172. The quantitative estimate of drug-likeness (QED) is 0.522. The van der Waals surface area contributed by atoms with Crippen LogP contribution in [0, 0.1) is 0 Å². The van der Waals surface area contributed by atoms with Crippen molar-refractivity contribution in [3.05, 3.63) is 77.9 Å². The van der Waals surface area contributed by atoms with Crippen LogP contribution < -0.4 is 9.64 Å². The number of amides is 2. The zero-order chi connectivity index (χ0) is 24.9. The molecular weight excluding hydrogens is 454 g/mol. The topological polar surface area (TPSA) is 81.8 Å². The highest BCUT2D eigenvalue weighted by molar-refractivity contribution is 5.99. The van der Waals surface area contributed by atoms with Gasteiger partial charge in [-0.05, 0) is 49.4 Å². The minimum absolute atomic E-state index is 0.0172. The van der Waals surface area contributed by atoms with E-state index in [4.69, 9.17) is 4.74 Å². The fraction of sp³-hybridized carbons (Fsp3) is 0.393. The van der Waals surface area contributed by atoms with Gasteiger partial charge in [0.05, 0.1) is 6.54 Å². The van der Waals surface area contributed by atoms with Crippen molar-refractivity contribution in [2.24, 2.45) is 0 Å². The van der Waals surface area contributed by atoms with Gasteiger partial charge in [-0.3, -0.25) is 14.5 Å². The van der Waals surface area contributed by atoms with Crippen molar-refractivity contribution in [3.8, 4) is 5.75 Å². The van der Waals surface area contributed by atoms with Crippen molar-refractivity contribution in [1.82, 2.24) is 19.8 Å². The van der Waals surface area contributed by atoms with E-state index in [1.165, 1.54) is 5.56 Å². The Labute approximate surface area is 211 Å². The molecule has 0 spiro atoms. The third-order valence-corrected chi connectivity index (χ3v) is 6.84. The van der Waals surface area contributed by atoms with Crippen LogP contribution in [0.15, 0.2) is 60.9 Å². The molecule has 2 aliphatic heterocycles. The Balaban J connectivity index is 1.13. The molecule has 188 valence electrons. The number of H-pyrrole nitrogens is 1. The number of hydrogen-bond acceptors (Lipinski definition) is 5. The zero-order valence-electron chi connectivity index (χ0n) is 20.7. The Morgan fingerprint density at radius 3 is 2.69 bits per heavy atom. The van der Waals surface area contributed by atoms with Crippen LogP contribution in [0.2, 0.25) is 0 Å². The molecule has 0 bridgehead atoms. The van der Waals surface area contributed by atoms with Gasteiger partial charge in [-0.1, -0.05) is 18.2 Å². The van der Waals surface area contributed by atoms with Crippen molar-refractivity contribution in [2.45, 2.75) is 44.9 Å². The minimum Gasteiger partial charge on any atom is -0.490 e. The van der Waals surface area contributed by atoms with Gasteiger partial charge in [0.2, 0.25) is 5.91 Å². The van der Waals surface area contributed by atoms with Crippen molar-refractivity contribution in [2.75, 3.05) is 31.6 Å². The molecule has 2 fully saturated rings. The molecule has 0 radical (unpaired) electrons. The van der Waals surface area contributed by atoms with E-state index in [2.05, 4.69) is 34.0 Å². The third-order valence-electron chi connectivity index (χ3n) is 6.84. The highest BCUT2D eigenvalue weighted by atomic mass is 16.5. The second-order valence-electron chi connectivity index (χ2n) is 9.66. The molecule has 0 aliphatic carbocycles. The van der Waals surface area contributed by atoms with Crippen LogP contribution in [0.25, 0.3) is 0 Å². The van der Waals surface area contributed by atoms with Gasteiger partial charge in [-0.25, -0.2) is 4.98 Å². The summed E-state index contributed by atoms with van der Waals surface area (Å²) in [6.45, 7) is 3.58. The number of imidazole rings is 1. The Hall–Kier alpha value is -3.65. The monoisotopic (exact) mass is 487 g/mol. The van der Waals surface area contributed by atoms with Gasteiger partial charge in [-0.2, -0.15) is 0 Å². The van der Waals surface area contributed by atoms with Crippen LogP contribution in [0.3, 0.4) is 0 Å². The fourth-order valence-corrected chi connectivity index (χ4v) is 5.00. The Kier molecular flexibility index (Phi) is 7.32. The summed E-state index contributed by atoms with van der Waals surface area (Å²) < 4.78 is 6.30. The van der Waals surface area contributed by atoms with Gasteiger partial charge in [0.1, 0.15) is 17.7 Å². The van der Waals surface area contributed by atoms with Gasteiger partial charge in [0.15, 0.2) is 0 Å². The highest BCUT2D eigenvalue weighted by Gasteiger charge is 2.26. The van der Waals surface area contributed by atoms with Gasteiger partial charge in [0, 0.05) is 69.1 Å². The summed E-state index contributed by atoms with van der Waals surface area (Å²) in [7, 11) is 2.07. The lowest BCUT2D eigenvalue weighted by molar-refractivity contribution is -0.117. The number of piperidine rings is 1. The summed E-state index contributed by atoms with van der Waals surface area (Å²) in [5, 5.41) is 0. The maximum absolute atomic E-state index is 13.1. The molecule has 1 aromatic heterocycles. The van der Waals surface area contributed by atoms with Gasteiger partial charge >= 0.3 is 0 Å². The molecule has 8 nitrogen and oxygen atoms in total. The molecule has 3 aromatic rings. The first-order valence-corrected chi connectivity index (χ1v) is 12.7. The number of ether oxygens (including phenoxy) is 1. The van der Waals surface area contributed by atoms with E-state index < -0.39 is 0 Å². The van der Waals surface area contributed by atoms with E-state index in [1.54, 1.807) is 11.1 Å². The second-order valence-corrected chi connectivity index (χ2v) is 9.66. The van der Waals surface area contributed by atoms with Crippen molar-refractivity contribution < 1.29 is 14.3 Å². The largest absolute Gasteiger partial charge is 0.490 e. The highest BCUT2D eigenvalue weighted by Crippen LogP contribution is 2.25. The number of aromatic nitrogens is 2. The fourth-order valence-electron chi connectivity index (χ4n) is 5.00. The summed E-state index contributed by atoms with van der Waals surface area (Å²) >= 11 is 0. The number of nitrogens with one attached hydrogen (secondary N) is 1. The van der Waals surface area contributed by atoms with E-state index in [1.807, 2.05) is 47.5 Å². The molecule has 0 atom stereocenters. The molecule has 1 N–H and O–H groups in total. The summed E-state index contributed by atoms with van der Waals surface area (Å²) in [6.07, 6.45) is 6.72. The first kappa shape index (κ1) is 24.1. The molecule has 2 amide bonds. The van der Waals surface area contributed by atoms with Crippen LogP contribution in [0.1, 0.15) is 47.4 Å². The molecule has 0 unspecified atom stereocenters. The molecule has 3 heterocycles. The molecule has 5 rings (SSSR count). The predicted octanol–water partition coefficient (Wildman–Crippen LogP) is 3.85. The van der Waals surface area contributed by atoms with E-state index >= 15 is 0 Å². The Morgan fingerprint density at radius 2 is 1.94 bits per heavy atom. The molecule has 2 aliphatic rings. The van der Waals surface area contributed by atoms with E-state index in [9.17, 15) is 9.59 Å². The predicted molar refractivity (Wildman–Crippen MR) is 138 cm³/mol. The first-order chi connectivity index (χ1) is 17.5. The number of aromatic amines is 1. The molecular formula is C28H33N5O3. The lowest BCUT2D eigenvalue weighted by Crippen LogP contribution is -2.41. The number of rotatable bonds is 8. The van der Waals surface area contributed by atoms with Crippen LogP contribution in [-0.4, -0.2) is 64.4 Å². The maximum atomic E-state index is 13.1. The summed E-state index contributed by atoms with van der Waals surface area (Å²) in [6, 6.07) is 15.7. The Bertz CT molecular complexity index is 1190.